The number of nitrogens with two attached hydrogens (primary N) is 1. The van der Waals surface area contributed by atoms with Crippen molar-refractivity contribution in [3.05, 3.63) is 77.4 Å². The third-order valence-corrected chi connectivity index (χ3v) is 4.91. The summed E-state index contributed by atoms with van der Waals surface area (Å²) < 4.78 is 5.26. The Hall–Kier alpha value is -2.72. The van der Waals surface area contributed by atoms with E-state index < -0.39 is 0 Å². The molecule has 0 amide bonds. The number of ketones is 1. The predicted molar refractivity (Wildman–Crippen MR) is 110 cm³/mol. The lowest BCUT2D eigenvalue weighted by Gasteiger charge is -2.13. The first kappa shape index (κ1) is 18.1. The fourth-order valence-corrected chi connectivity index (χ4v) is 3.10. The summed E-state index contributed by atoms with van der Waals surface area (Å²) in [6.45, 7) is 1.95. The van der Waals surface area contributed by atoms with Gasteiger partial charge in [-0.15, -0.1) is 0 Å². The molecule has 3 aromatic carbocycles. The molecule has 0 saturated carbocycles. The van der Waals surface area contributed by atoms with Gasteiger partial charge in [0, 0.05) is 17.9 Å². The monoisotopic (exact) mass is 363 g/mol. The fraction of sp³-hybridized carbons (Fsp3) is 0.182. The molecule has 0 bridgehead atoms. The molecule has 26 heavy (non-hydrogen) atoms. The number of carbonyl (C=O) groups excluding carboxylic acids is 1. The summed E-state index contributed by atoms with van der Waals surface area (Å²) in [6, 6.07) is 19.6. The van der Waals surface area contributed by atoms with E-state index in [0.717, 1.165) is 33.2 Å². The first-order chi connectivity index (χ1) is 12.5. The predicted octanol–water partition coefficient (Wildman–Crippen LogP) is 4.40. The highest BCUT2D eigenvalue weighted by Gasteiger charge is 2.16. The molecule has 0 spiro atoms. The topological polar surface area (TPSA) is 52.3 Å². The minimum absolute atomic E-state index is 0.170. The molecule has 0 radical (unpaired) electrons. The molecule has 0 heterocycles. The summed E-state index contributed by atoms with van der Waals surface area (Å²) in [5.41, 5.74) is 8.41. The van der Waals surface area contributed by atoms with Gasteiger partial charge >= 0.3 is 0 Å². The number of hydrogen-bond acceptors (Lipinski definition) is 3. The van der Waals surface area contributed by atoms with Crippen LogP contribution in [0.5, 0.6) is 5.75 Å². The third kappa shape index (κ3) is 3.92. The molecule has 0 aliphatic rings. The van der Waals surface area contributed by atoms with E-state index in [4.69, 9.17) is 22.7 Å². The molecular weight excluding hydrogens is 342 g/mol. The largest absolute Gasteiger partial charge is 0.497 e. The van der Waals surface area contributed by atoms with Gasteiger partial charge in [-0.05, 0) is 34.0 Å². The minimum atomic E-state index is -0.170. The highest BCUT2D eigenvalue weighted by Crippen LogP contribution is 2.26. The van der Waals surface area contributed by atoms with Gasteiger partial charge in [0.05, 0.1) is 7.11 Å². The number of Topliss-reactive ketones (excluding diaryl/α,β-unsaturated/α-hetero) is 1. The second kappa shape index (κ2) is 7.67. The zero-order chi connectivity index (χ0) is 18.7. The van der Waals surface area contributed by atoms with E-state index in [2.05, 4.69) is 6.07 Å². The molecule has 0 saturated heterocycles. The molecule has 3 nitrogen and oxygen atoms in total. The van der Waals surface area contributed by atoms with E-state index in [1.165, 1.54) is 0 Å². The summed E-state index contributed by atoms with van der Waals surface area (Å²) in [5.74, 6) is 0.840. The van der Waals surface area contributed by atoms with E-state index in [1.807, 2.05) is 61.5 Å². The van der Waals surface area contributed by atoms with Crippen molar-refractivity contribution in [3.8, 4) is 5.75 Å². The first-order valence-corrected chi connectivity index (χ1v) is 8.88. The lowest BCUT2D eigenvalue weighted by Crippen LogP contribution is -2.13. The van der Waals surface area contributed by atoms with Gasteiger partial charge in [0.15, 0.2) is 0 Å². The number of carbonyl (C=O) groups is 1. The first-order valence-electron chi connectivity index (χ1n) is 8.47. The van der Waals surface area contributed by atoms with Crippen molar-refractivity contribution in [1.29, 1.82) is 0 Å². The van der Waals surface area contributed by atoms with Gasteiger partial charge in [-0.25, -0.2) is 0 Å². The highest BCUT2D eigenvalue weighted by molar-refractivity contribution is 7.80. The van der Waals surface area contributed by atoms with Crippen LogP contribution >= 0.6 is 12.2 Å². The van der Waals surface area contributed by atoms with Crippen LogP contribution in [-0.2, 0) is 11.2 Å². The van der Waals surface area contributed by atoms with Crippen molar-refractivity contribution in [3.63, 3.8) is 0 Å². The average Bonchev–Trinajstić information content (AvgIpc) is 2.66. The molecule has 1 atom stereocenters. The molecule has 4 heteroatoms. The van der Waals surface area contributed by atoms with Crippen molar-refractivity contribution in [2.24, 2.45) is 5.73 Å². The Kier molecular flexibility index (Phi) is 5.33. The third-order valence-electron chi connectivity index (χ3n) is 4.67. The van der Waals surface area contributed by atoms with E-state index in [0.29, 0.717) is 11.4 Å². The molecule has 1 unspecified atom stereocenters. The molecule has 132 valence electrons. The van der Waals surface area contributed by atoms with E-state index in [1.54, 1.807) is 7.11 Å². The van der Waals surface area contributed by atoms with Crippen LogP contribution in [-0.4, -0.2) is 17.9 Å². The molecule has 3 aromatic rings. The second-order valence-corrected chi connectivity index (χ2v) is 6.84. The van der Waals surface area contributed by atoms with Gasteiger partial charge in [0.1, 0.15) is 16.5 Å². The quantitative estimate of drug-likeness (QED) is 0.660. The number of fused-ring (bicyclic) bond motifs is 1. The Bertz CT molecular complexity index is 964. The number of methoxy groups -OCH3 is 1. The summed E-state index contributed by atoms with van der Waals surface area (Å²) >= 11 is 4.96. The maximum atomic E-state index is 12.7. The van der Waals surface area contributed by atoms with Gasteiger partial charge in [-0.3, -0.25) is 4.79 Å². The van der Waals surface area contributed by atoms with Crippen molar-refractivity contribution >= 4 is 33.8 Å². The van der Waals surface area contributed by atoms with E-state index >= 15 is 0 Å². The number of thiocarbonyl (C=S) groups is 1. The number of ether oxygens (including phenoxy) is 1. The van der Waals surface area contributed by atoms with Gasteiger partial charge in [0.2, 0.25) is 0 Å². The normalized spacial score (nSPS) is 11.9. The molecule has 0 aliphatic carbocycles. The van der Waals surface area contributed by atoms with Crippen LogP contribution in [0.15, 0.2) is 60.7 Å². The average molecular weight is 363 g/mol. The molecule has 0 aliphatic heterocycles. The Morgan fingerprint density at radius 2 is 1.69 bits per heavy atom. The molecule has 0 aromatic heterocycles. The summed E-state index contributed by atoms with van der Waals surface area (Å²) in [7, 11) is 1.66. The molecular formula is C22H21NO2S. The number of rotatable bonds is 6. The maximum absolute atomic E-state index is 12.7. The van der Waals surface area contributed by atoms with Crippen molar-refractivity contribution in [2.45, 2.75) is 19.3 Å². The van der Waals surface area contributed by atoms with Gasteiger partial charge < -0.3 is 10.5 Å². The summed E-state index contributed by atoms with van der Waals surface area (Å²) in [6.07, 6.45) is 0.388. The van der Waals surface area contributed by atoms with Crippen LogP contribution in [0.2, 0.25) is 0 Å². The van der Waals surface area contributed by atoms with Crippen molar-refractivity contribution < 1.29 is 9.53 Å². The SMILES string of the molecule is COc1ccc2cc(C(C)C(=O)Cc3ccc(C(N)=S)cc3)ccc2c1. The Morgan fingerprint density at radius 1 is 1.04 bits per heavy atom. The summed E-state index contributed by atoms with van der Waals surface area (Å²) in [5, 5.41) is 2.20. The van der Waals surface area contributed by atoms with Crippen molar-refractivity contribution in [2.75, 3.05) is 7.11 Å². The van der Waals surface area contributed by atoms with Gasteiger partial charge in [0.25, 0.3) is 0 Å². The van der Waals surface area contributed by atoms with E-state index in [-0.39, 0.29) is 11.7 Å². The van der Waals surface area contributed by atoms with Crippen molar-refractivity contribution in [1.82, 2.24) is 0 Å². The zero-order valence-electron chi connectivity index (χ0n) is 14.9. The van der Waals surface area contributed by atoms with Crippen LogP contribution in [0.25, 0.3) is 10.8 Å². The second-order valence-electron chi connectivity index (χ2n) is 6.40. The van der Waals surface area contributed by atoms with Crippen LogP contribution in [0, 0.1) is 0 Å². The van der Waals surface area contributed by atoms with Gasteiger partial charge in [-0.1, -0.05) is 67.7 Å². The smallest absolute Gasteiger partial charge is 0.144 e. The van der Waals surface area contributed by atoms with E-state index in [9.17, 15) is 4.79 Å². The fourth-order valence-electron chi connectivity index (χ4n) is 2.97. The number of hydrogen-bond donors (Lipinski definition) is 1. The van der Waals surface area contributed by atoms with Crippen LogP contribution in [0.1, 0.15) is 29.5 Å². The molecule has 2 N–H and O–H groups in total. The summed E-state index contributed by atoms with van der Waals surface area (Å²) in [4.78, 5) is 13.1. The lowest BCUT2D eigenvalue weighted by molar-refractivity contribution is -0.119. The maximum Gasteiger partial charge on any atom is 0.144 e. The minimum Gasteiger partial charge on any atom is -0.497 e. The Balaban J connectivity index is 1.77. The highest BCUT2D eigenvalue weighted by atomic mass is 32.1. The standard InChI is InChI=1S/C22H21NO2S/c1-14(21(24)11-15-3-5-16(6-4-15)22(23)26)17-7-8-19-13-20(25-2)10-9-18(19)12-17/h3-10,12-14H,11H2,1-2H3,(H2,23,26). The van der Waals surface area contributed by atoms with Crippen LogP contribution < -0.4 is 10.5 Å². The van der Waals surface area contributed by atoms with Crippen LogP contribution in [0.4, 0.5) is 0 Å². The van der Waals surface area contributed by atoms with Crippen LogP contribution in [0.3, 0.4) is 0 Å². The zero-order valence-corrected chi connectivity index (χ0v) is 15.7. The molecule has 0 fully saturated rings. The Morgan fingerprint density at radius 3 is 2.35 bits per heavy atom. The Labute approximate surface area is 158 Å². The lowest BCUT2D eigenvalue weighted by atomic mass is 9.91. The molecule has 3 rings (SSSR count). The number of benzene rings is 3. The van der Waals surface area contributed by atoms with Gasteiger partial charge in [-0.2, -0.15) is 0 Å².